The Labute approximate surface area is 129 Å². The van der Waals surface area contributed by atoms with Crippen LogP contribution < -0.4 is 4.74 Å². The molecule has 0 aliphatic heterocycles. The number of methoxy groups -OCH3 is 2. The van der Waals surface area contributed by atoms with Gasteiger partial charge in [0.15, 0.2) is 11.2 Å². The molecular weight excluding hydrogens is 292 g/mol. The van der Waals surface area contributed by atoms with E-state index in [1.165, 1.54) is 6.33 Å². The molecule has 0 aliphatic carbocycles. The molecule has 7 heteroatoms. The Balaban J connectivity index is 2.65. The third kappa shape index (κ3) is 3.11. The lowest BCUT2D eigenvalue weighted by Gasteiger charge is -2.24. The van der Waals surface area contributed by atoms with Gasteiger partial charge in [-0.05, 0) is 5.92 Å². The normalized spacial score (nSPS) is 13.0. The van der Waals surface area contributed by atoms with E-state index in [0.717, 1.165) is 11.5 Å². The number of alkyl halides is 1. The highest BCUT2D eigenvalue weighted by molar-refractivity contribution is 6.17. The first-order valence-corrected chi connectivity index (χ1v) is 7.48. The number of hydrogen-bond acceptors (Lipinski definition) is 5. The van der Waals surface area contributed by atoms with Gasteiger partial charge in [-0.1, -0.05) is 13.8 Å². The Kier molecular flexibility index (Phi) is 5.36. The number of nitrogens with zero attached hydrogens (tertiary/aromatic N) is 4. The molecule has 0 spiro atoms. The van der Waals surface area contributed by atoms with E-state index in [0.29, 0.717) is 36.2 Å². The average molecular weight is 313 g/mol. The molecule has 0 bridgehead atoms. The smallest absolute Gasteiger partial charge is 0.245 e. The molecule has 1 unspecified atom stereocenters. The highest BCUT2D eigenvalue weighted by Gasteiger charge is 2.24. The van der Waals surface area contributed by atoms with Crippen molar-refractivity contribution >= 4 is 22.8 Å². The maximum absolute atomic E-state index is 5.92. The van der Waals surface area contributed by atoms with Gasteiger partial charge in [0.25, 0.3) is 0 Å². The zero-order chi connectivity index (χ0) is 15.4. The molecule has 1 atom stereocenters. The van der Waals surface area contributed by atoms with Crippen LogP contribution in [0.15, 0.2) is 6.33 Å². The van der Waals surface area contributed by atoms with Gasteiger partial charge in [-0.3, -0.25) is 0 Å². The Bertz CT molecular complexity index is 600. The fourth-order valence-electron chi connectivity index (χ4n) is 2.43. The van der Waals surface area contributed by atoms with Crippen LogP contribution in [-0.2, 0) is 11.2 Å². The van der Waals surface area contributed by atoms with Crippen molar-refractivity contribution in [1.29, 1.82) is 0 Å². The van der Waals surface area contributed by atoms with Gasteiger partial charge in [-0.25, -0.2) is 9.97 Å². The van der Waals surface area contributed by atoms with Crippen LogP contribution in [-0.4, -0.2) is 46.2 Å². The zero-order valence-corrected chi connectivity index (χ0v) is 13.6. The second kappa shape index (κ2) is 7.04. The molecule has 0 saturated carbocycles. The summed E-state index contributed by atoms with van der Waals surface area (Å²) in [7, 11) is 3.28. The van der Waals surface area contributed by atoms with Crippen molar-refractivity contribution in [2.45, 2.75) is 26.3 Å². The molecule has 2 aromatic rings. The molecule has 0 radical (unpaired) electrons. The Hall–Kier alpha value is -1.40. The monoisotopic (exact) mass is 312 g/mol. The molecular formula is C14H21ClN4O2. The second-order valence-electron chi connectivity index (χ2n) is 5.16. The van der Waals surface area contributed by atoms with Crippen LogP contribution in [0, 0.1) is 5.92 Å². The predicted molar refractivity (Wildman–Crippen MR) is 82.1 cm³/mol. The maximum atomic E-state index is 5.92. The van der Waals surface area contributed by atoms with Crippen molar-refractivity contribution in [3.8, 4) is 5.88 Å². The molecule has 116 valence electrons. The Morgan fingerprint density at radius 2 is 2.05 bits per heavy atom. The highest BCUT2D eigenvalue weighted by atomic mass is 35.5. The Morgan fingerprint density at radius 1 is 1.29 bits per heavy atom. The number of hydrogen-bond donors (Lipinski definition) is 0. The first-order chi connectivity index (χ1) is 10.1. The molecule has 0 amide bonds. The van der Waals surface area contributed by atoms with Gasteiger partial charge in [0, 0.05) is 19.4 Å². The van der Waals surface area contributed by atoms with Crippen LogP contribution in [0.4, 0.5) is 0 Å². The van der Waals surface area contributed by atoms with E-state index < -0.39 is 0 Å². The third-order valence-corrected chi connectivity index (χ3v) is 3.66. The van der Waals surface area contributed by atoms with Gasteiger partial charge in [0.1, 0.15) is 12.2 Å². The number of aryl methyl sites for hydroxylation is 1. The van der Waals surface area contributed by atoms with E-state index in [-0.39, 0.29) is 6.04 Å². The van der Waals surface area contributed by atoms with Gasteiger partial charge in [-0.15, -0.1) is 11.6 Å². The predicted octanol–water partition coefficient (Wildman–Crippen LogP) is 2.46. The summed E-state index contributed by atoms with van der Waals surface area (Å²) in [5.41, 5.74) is 1.43. The molecule has 2 heterocycles. The van der Waals surface area contributed by atoms with Crippen LogP contribution in [0.3, 0.4) is 0 Å². The number of aromatic nitrogens is 4. The molecule has 21 heavy (non-hydrogen) atoms. The molecule has 0 aliphatic rings. The number of rotatable bonds is 7. The van der Waals surface area contributed by atoms with Crippen molar-refractivity contribution < 1.29 is 9.47 Å². The van der Waals surface area contributed by atoms with E-state index in [1.54, 1.807) is 14.2 Å². The molecule has 6 nitrogen and oxygen atoms in total. The maximum Gasteiger partial charge on any atom is 0.245 e. The molecule has 0 aromatic carbocycles. The summed E-state index contributed by atoms with van der Waals surface area (Å²) in [6.45, 7) is 4.89. The van der Waals surface area contributed by atoms with Crippen molar-refractivity contribution in [3.05, 3.63) is 12.2 Å². The second-order valence-corrected chi connectivity index (χ2v) is 5.54. The molecule has 0 fully saturated rings. The number of imidazole rings is 1. The van der Waals surface area contributed by atoms with Crippen LogP contribution in [0.2, 0.25) is 0 Å². The van der Waals surface area contributed by atoms with Crippen LogP contribution in [0.1, 0.15) is 25.7 Å². The highest BCUT2D eigenvalue weighted by Crippen LogP contribution is 2.29. The van der Waals surface area contributed by atoms with Gasteiger partial charge < -0.3 is 14.0 Å². The van der Waals surface area contributed by atoms with Crippen LogP contribution in [0.5, 0.6) is 5.88 Å². The van der Waals surface area contributed by atoms with Crippen molar-refractivity contribution in [1.82, 2.24) is 19.5 Å². The summed E-state index contributed by atoms with van der Waals surface area (Å²) >= 11 is 5.92. The fourth-order valence-corrected chi connectivity index (χ4v) is 2.60. The lowest BCUT2D eigenvalue weighted by atomic mass is 10.0. The number of halogens is 1. The van der Waals surface area contributed by atoms with E-state index in [4.69, 9.17) is 21.1 Å². The molecule has 2 aromatic heterocycles. The van der Waals surface area contributed by atoms with Crippen molar-refractivity contribution in [2.75, 3.05) is 26.7 Å². The molecule has 0 N–H and O–H groups in total. The number of fused-ring (bicyclic) bond motifs is 1. The van der Waals surface area contributed by atoms with Crippen LogP contribution >= 0.6 is 11.6 Å². The Morgan fingerprint density at radius 3 is 2.62 bits per heavy atom. The van der Waals surface area contributed by atoms with Crippen molar-refractivity contribution in [3.63, 3.8) is 0 Å². The largest absolute Gasteiger partial charge is 0.479 e. The SMILES string of the molecule is COCC(C(C)C)n1c(CCCl)nc2c(OC)ncnc21. The topological polar surface area (TPSA) is 62.1 Å². The van der Waals surface area contributed by atoms with Gasteiger partial charge >= 0.3 is 0 Å². The van der Waals surface area contributed by atoms with Crippen LogP contribution in [0.25, 0.3) is 11.2 Å². The third-order valence-electron chi connectivity index (χ3n) is 3.47. The minimum atomic E-state index is 0.137. The molecule has 2 rings (SSSR count). The minimum absolute atomic E-state index is 0.137. The summed E-state index contributed by atoms with van der Waals surface area (Å²) in [6, 6.07) is 0.137. The minimum Gasteiger partial charge on any atom is -0.479 e. The summed E-state index contributed by atoms with van der Waals surface area (Å²) in [6.07, 6.45) is 2.15. The van der Waals surface area contributed by atoms with E-state index >= 15 is 0 Å². The quantitative estimate of drug-likeness (QED) is 0.735. The summed E-state index contributed by atoms with van der Waals surface area (Å²) in [5, 5.41) is 0. The van der Waals surface area contributed by atoms with E-state index in [2.05, 4.69) is 33.4 Å². The average Bonchev–Trinajstić information content (AvgIpc) is 2.82. The van der Waals surface area contributed by atoms with E-state index in [9.17, 15) is 0 Å². The van der Waals surface area contributed by atoms with Gasteiger partial charge in [-0.2, -0.15) is 4.98 Å². The lowest BCUT2D eigenvalue weighted by molar-refractivity contribution is 0.133. The first kappa shape index (κ1) is 16.0. The standard InChI is InChI=1S/C14H21ClN4O2/c1-9(2)10(7-20-3)19-11(5-6-15)18-12-13(19)16-8-17-14(12)21-4/h8-10H,5-7H2,1-4H3. The summed E-state index contributed by atoms with van der Waals surface area (Å²) in [4.78, 5) is 13.1. The van der Waals surface area contributed by atoms with Gasteiger partial charge in [0.05, 0.1) is 19.8 Å². The van der Waals surface area contributed by atoms with E-state index in [1.807, 2.05) is 0 Å². The van der Waals surface area contributed by atoms with Crippen molar-refractivity contribution in [2.24, 2.45) is 5.92 Å². The lowest BCUT2D eigenvalue weighted by Crippen LogP contribution is -2.22. The number of ether oxygens (including phenoxy) is 2. The van der Waals surface area contributed by atoms with Gasteiger partial charge in [0.2, 0.25) is 5.88 Å². The first-order valence-electron chi connectivity index (χ1n) is 6.94. The molecule has 0 saturated heterocycles. The zero-order valence-electron chi connectivity index (χ0n) is 12.8. The summed E-state index contributed by atoms with van der Waals surface area (Å²) in [5.74, 6) is 2.23. The fraction of sp³-hybridized carbons (Fsp3) is 0.643. The summed E-state index contributed by atoms with van der Waals surface area (Å²) < 4.78 is 12.8.